The Morgan fingerprint density at radius 2 is 1.93 bits per heavy atom. The minimum Gasteiger partial charge on any atom is -0.483 e. The number of carbonyl (C=O) groups is 3. The molecule has 2 aromatic carbocycles. The maximum Gasteiger partial charge on any atom is 0.293 e. The average Bonchev–Trinajstić information content (AvgIpc) is 2.90. The maximum absolute atomic E-state index is 12.6. The van der Waals surface area contributed by atoms with Crippen molar-refractivity contribution in [2.45, 2.75) is 6.54 Å². The highest BCUT2D eigenvalue weighted by Gasteiger charge is 2.34. The third-order valence-corrected chi connectivity index (χ3v) is 5.53. The highest BCUT2D eigenvalue weighted by atomic mass is 79.9. The second-order valence-electron chi connectivity index (χ2n) is 5.84. The number of halogens is 2. The summed E-state index contributed by atoms with van der Waals surface area (Å²) >= 11 is 10.1. The van der Waals surface area contributed by atoms with E-state index in [2.05, 4.69) is 15.9 Å². The number of hydrogen-bond acceptors (Lipinski definition) is 5. The molecule has 1 heterocycles. The quantitative estimate of drug-likeness (QED) is 0.625. The summed E-state index contributed by atoms with van der Waals surface area (Å²) in [7, 11) is 0. The Morgan fingerprint density at radius 3 is 2.57 bits per heavy atom. The van der Waals surface area contributed by atoms with Gasteiger partial charge in [-0.2, -0.15) is 0 Å². The van der Waals surface area contributed by atoms with E-state index in [0.29, 0.717) is 25.7 Å². The van der Waals surface area contributed by atoms with E-state index in [0.717, 1.165) is 17.3 Å². The molecular formula is C19H14BrClN2O4S. The third-order valence-electron chi connectivity index (χ3n) is 3.75. The number of nitrogens with two attached hydrogens (primary N) is 1. The van der Waals surface area contributed by atoms with E-state index in [9.17, 15) is 14.4 Å². The van der Waals surface area contributed by atoms with E-state index in [1.165, 1.54) is 4.90 Å². The van der Waals surface area contributed by atoms with Crippen LogP contribution in [0.3, 0.4) is 0 Å². The first-order valence-corrected chi connectivity index (χ1v) is 10.0. The van der Waals surface area contributed by atoms with Crippen LogP contribution in [0.2, 0.25) is 5.02 Å². The maximum atomic E-state index is 12.6. The van der Waals surface area contributed by atoms with Crippen molar-refractivity contribution in [2.24, 2.45) is 5.73 Å². The first-order valence-electron chi connectivity index (χ1n) is 8.04. The van der Waals surface area contributed by atoms with Crippen molar-refractivity contribution in [3.63, 3.8) is 0 Å². The number of ether oxygens (including phenoxy) is 1. The normalized spacial score (nSPS) is 15.4. The standard InChI is InChI=1S/C19H14BrClN2O4S/c20-14-7-12(3-6-15(14)27-10-17(22)24)8-16-18(25)23(19(26)28-16)9-11-1-4-13(21)5-2-11/h1-8H,9-10H2,(H2,22,24)/b16-8-. The molecule has 0 aromatic heterocycles. The molecule has 0 aliphatic carbocycles. The molecule has 6 nitrogen and oxygen atoms in total. The fourth-order valence-electron chi connectivity index (χ4n) is 2.43. The van der Waals surface area contributed by atoms with Crippen LogP contribution in [0.5, 0.6) is 5.75 Å². The molecule has 1 saturated heterocycles. The molecule has 0 saturated carbocycles. The molecule has 0 radical (unpaired) electrons. The Kier molecular flexibility index (Phi) is 6.43. The van der Waals surface area contributed by atoms with E-state index >= 15 is 0 Å². The van der Waals surface area contributed by atoms with Gasteiger partial charge in [0.15, 0.2) is 6.61 Å². The number of primary amides is 1. The van der Waals surface area contributed by atoms with Crippen LogP contribution in [0.15, 0.2) is 51.8 Å². The average molecular weight is 482 g/mol. The molecule has 0 spiro atoms. The predicted octanol–water partition coefficient (Wildman–Crippen LogP) is 4.20. The van der Waals surface area contributed by atoms with Gasteiger partial charge in [0, 0.05) is 5.02 Å². The summed E-state index contributed by atoms with van der Waals surface area (Å²) in [6.45, 7) is -0.0513. The Hall–Kier alpha value is -2.29. The zero-order valence-corrected chi connectivity index (χ0v) is 17.5. The molecule has 0 atom stereocenters. The number of nitrogens with zero attached hydrogens (tertiary/aromatic N) is 1. The van der Waals surface area contributed by atoms with Crippen LogP contribution < -0.4 is 10.5 Å². The van der Waals surface area contributed by atoms with E-state index in [-0.39, 0.29) is 24.3 Å². The van der Waals surface area contributed by atoms with Crippen LogP contribution >= 0.6 is 39.3 Å². The van der Waals surface area contributed by atoms with Gasteiger partial charge in [0.25, 0.3) is 17.1 Å². The molecular weight excluding hydrogens is 468 g/mol. The van der Waals surface area contributed by atoms with Gasteiger partial charge < -0.3 is 10.5 Å². The minimum absolute atomic E-state index is 0.183. The summed E-state index contributed by atoms with van der Waals surface area (Å²) in [6.07, 6.45) is 1.63. The monoisotopic (exact) mass is 480 g/mol. The lowest BCUT2D eigenvalue weighted by Crippen LogP contribution is -2.27. The van der Waals surface area contributed by atoms with Crippen LogP contribution in [-0.4, -0.2) is 28.6 Å². The molecule has 0 unspecified atom stereocenters. The zero-order valence-electron chi connectivity index (χ0n) is 14.4. The number of carbonyl (C=O) groups excluding carboxylic acids is 3. The topological polar surface area (TPSA) is 89.7 Å². The van der Waals surface area contributed by atoms with Crippen molar-refractivity contribution < 1.29 is 19.1 Å². The fraction of sp³-hybridized carbons (Fsp3) is 0.105. The number of hydrogen-bond donors (Lipinski definition) is 1. The lowest BCUT2D eigenvalue weighted by atomic mass is 10.2. The molecule has 9 heteroatoms. The van der Waals surface area contributed by atoms with Crippen LogP contribution in [0.1, 0.15) is 11.1 Å². The number of amides is 3. The Labute approximate surface area is 178 Å². The molecule has 2 N–H and O–H groups in total. The van der Waals surface area contributed by atoms with Gasteiger partial charge in [0.1, 0.15) is 5.75 Å². The van der Waals surface area contributed by atoms with E-state index in [1.807, 2.05) is 0 Å². The summed E-state index contributed by atoms with van der Waals surface area (Å²) < 4.78 is 5.87. The first kappa shape index (κ1) is 20.4. The molecule has 2 aromatic rings. The van der Waals surface area contributed by atoms with Gasteiger partial charge in [-0.15, -0.1) is 0 Å². The zero-order chi connectivity index (χ0) is 20.3. The predicted molar refractivity (Wildman–Crippen MR) is 112 cm³/mol. The summed E-state index contributed by atoms with van der Waals surface area (Å²) in [5.41, 5.74) is 6.58. The van der Waals surface area contributed by atoms with E-state index in [4.69, 9.17) is 22.1 Å². The third kappa shape index (κ3) is 4.95. The van der Waals surface area contributed by atoms with Crippen molar-refractivity contribution >= 4 is 62.4 Å². The van der Waals surface area contributed by atoms with Gasteiger partial charge in [-0.05, 0) is 69.2 Å². The van der Waals surface area contributed by atoms with Crippen LogP contribution in [0.25, 0.3) is 6.08 Å². The molecule has 3 rings (SSSR count). The van der Waals surface area contributed by atoms with Gasteiger partial charge >= 0.3 is 0 Å². The second-order valence-corrected chi connectivity index (χ2v) is 8.12. The summed E-state index contributed by atoms with van der Waals surface area (Å²) in [5, 5.41) is 0.262. The molecule has 0 bridgehead atoms. The largest absolute Gasteiger partial charge is 0.483 e. The number of benzene rings is 2. The first-order chi connectivity index (χ1) is 13.3. The van der Waals surface area contributed by atoms with Gasteiger partial charge in [0.2, 0.25) is 0 Å². The number of imide groups is 1. The molecule has 1 aliphatic heterocycles. The highest BCUT2D eigenvalue weighted by molar-refractivity contribution is 9.10. The van der Waals surface area contributed by atoms with E-state index < -0.39 is 5.91 Å². The van der Waals surface area contributed by atoms with Crippen LogP contribution in [-0.2, 0) is 16.1 Å². The molecule has 28 heavy (non-hydrogen) atoms. The van der Waals surface area contributed by atoms with Crippen molar-refractivity contribution in [2.75, 3.05) is 6.61 Å². The van der Waals surface area contributed by atoms with Gasteiger partial charge in [-0.25, -0.2) is 0 Å². The Balaban J connectivity index is 1.75. The highest BCUT2D eigenvalue weighted by Crippen LogP contribution is 2.34. The molecule has 3 amide bonds. The lowest BCUT2D eigenvalue weighted by Gasteiger charge is -2.12. The van der Waals surface area contributed by atoms with Crippen LogP contribution in [0, 0.1) is 0 Å². The summed E-state index contributed by atoms with van der Waals surface area (Å²) in [4.78, 5) is 37.2. The Morgan fingerprint density at radius 1 is 1.21 bits per heavy atom. The number of thioether (sulfide) groups is 1. The molecule has 1 aliphatic rings. The van der Waals surface area contributed by atoms with Crippen molar-refractivity contribution in [1.82, 2.24) is 4.90 Å². The number of rotatable bonds is 6. The van der Waals surface area contributed by atoms with Crippen molar-refractivity contribution in [3.05, 3.63) is 68.0 Å². The Bertz CT molecular complexity index is 978. The smallest absolute Gasteiger partial charge is 0.293 e. The molecule has 144 valence electrons. The SMILES string of the molecule is NC(=O)COc1ccc(/C=C2\SC(=O)N(Cc3ccc(Cl)cc3)C2=O)cc1Br. The summed E-state index contributed by atoms with van der Waals surface area (Å²) in [6, 6.07) is 12.1. The summed E-state index contributed by atoms with van der Waals surface area (Å²) in [5.74, 6) is -0.479. The molecule has 1 fully saturated rings. The fourth-order valence-corrected chi connectivity index (χ4v) is 3.91. The van der Waals surface area contributed by atoms with Gasteiger partial charge in [-0.3, -0.25) is 19.3 Å². The van der Waals surface area contributed by atoms with Crippen LogP contribution in [0.4, 0.5) is 4.79 Å². The van der Waals surface area contributed by atoms with Gasteiger partial charge in [0.05, 0.1) is 15.9 Å². The van der Waals surface area contributed by atoms with Crippen molar-refractivity contribution in [3.8, 4) is 5.75 Å². The minimum atomic E-state index is -0.578. The van der Waals surface area contributed by atoms with E-state index in [1.54, 1.807) is 48.5 Å². The second kappa shape index (κ2) is 8.81. The van der Waals surface area contributed by atoms with Gasteiger partial charge in [-0.1, -0.05) is 29.8 Å². The van der Waals surface area contributed by atoms with Crippen molar-refractivity contribution in [1.29, 1.82) is 0 Å². The lowest BCUT2D eigenvalue weighted by molar-refractivity contribution is -0.123.